The van der Waals surface area contributed by atoms with Crippen molar-refractivity contribution in [2.75, 3.05) is 36.9 Å². The van der Waals surface area contributed by atoms with Crippen molar-refractivity contribution in [3.63, 3.8) is 0 Å². The predicted molar refractivity (Wildman–Crippen MR) is 76.5 cm³/mol. The number of anilines is 2. The zero-order chi connectivity index (χ0) is 13.8. The molecule has 5 heteroatoms. The molecule has 104 valence electrons. The number of nitrogen functional groups attached to an aromatic ring is 1. The Morgan fingerprint density at radius 3 is 3.05 bits per heavy atom. The summed E-state index contributed by atoms with van der Waals surface area (Å²) in [6, 6.07) is 5.68. The van der Waals surface area contributed by atoms with Crippen LogP contribution in [0.3, 0.4) is 0 Å². The number of carbonyl (C=O) groups excluding carboxylic acids is 1. The van der Waals surface area contributed by atoms with Gasteiger partial charge in [0.05, 0.1) is 24.6 Å². The summed E-state index contributed by atoms with van der Waals surface area (Å²) in [7, 11) is 0. The van der Waals surface area contributed by atoms with Crippen molar-refractivity contribution in [3.05, 3.63) is 23.8 Å². The fourth-order valence-electron chi connectivity index (χ4n) is 2.28. The van der Waals surface area contributed by atoms with E-state index in [2.05, 4.69) is 17.1 Å². The van der Waals surface area contributed by atoms with Gasteiger partial charge in [0.2, 0.25) is 0 Å². The zero-order valence-electron chi connectivity index (χ0n) is 11.5. The third-order valence-electron chi connectivity index (χ3n) is 3.31. The first-order chi connectivity index (χ1) is 9.13. The lowest BCUT2D eigenvalue weighted by molar-refractivity contribution is 0.0955. The fourth-order valence-corrected chi connectivity index (χ4v) is 2.28. The average Bonchev–Trinajstić information content (AvgIpc) is 2.40. The van der Waals surface area contributed by atoms with E-state index in [4.69, 9.17) is 10.5 Å². The van der Waals surface area contributed by atoms with E-state index >= 15 is 0 Å². The van der Waals surface area contributed by atoms with Gasteiger partial charge in [0.1, 0.15) is 0 Å². The van der Waals surface area contributed by atoms with Crippen LogP contribution in [0.15, 0.2) is 18.2 Å². The third-order valence-corrected chi connectivity index (χ3v) is 3.31. The highest BCUT2D eigenvalue weighted by atomic mass is 16.5. The Labute approximate surface area is 113 Å². The number of nitrogens with two attached hydrogens (primary N) is 1. The number of ether oxygens (including phenoxy) is 1. The molecule has 19 heavy (non-hydrogen) atoms. The van der Waals surface area contributed by atoms with Gasteiger partial charge in [-0.25, -0.2) is 0 Å². The van der Waals surface area contributed by atoms with E-state index in [0.717, 1.165) is 12.2 Å². The number of nitrogens with zero attached hydrogens (tertiary/aromatic N) is 1. The second kappa shape index (κ2) is 5.93. The molecule has 0 saturated carbocycles. The summed E-state index contributed by atoms with van der Waals surface area (Å²) in [6.45, 7) is 6.79. The Morgan fingerprint density at radius 2 is 2.37 bits per heavy atom. The van der Waals surface area contributed by atoms with Crippen LogP contribution in [0.1, 0.15) is 24.2 Å². The van der Waals surface area contributed by atoms with E-state index in [1.54, 1.807) is 12.1 Å². The summed E-state index contributed by atoms with van der Waals surface area (Å²) < 4.78 is 5.43. The molecule has 1 atom stereocenters. The van der Waals surface area contributed by atoms with Crippen LogP contribution in [0.25, 0.3) is 0 Å². The van der Waals surface area contributed by atoms with Gasteiger partial charge < -0.3 is 20.7 Å². The highest BCUT2D eigenvalue weighted by molar-refractivity contribution is 5.96. The lowest BCUT2D eigenvalue weighted by Gasteiger charge is -2.36. The van der Waals surface area contributed by atoms with Crippen LogP contribution in [0.2, 0.25) is 0 Å². The Hall–Kier alpha value is -1.75. The second-order valence-corrected chi connectivity index (χ2v) is 4.75. The molecule has 1 aliphatic rings. The smallest absolute Gasteiger partial charge is 0.251 e. The van der Waals surface area contributed by atoms with Crippen LogP contribution >= 0.6 is 0 Å². The molecule has 1 aliphatic heterocycles. The summed E-state index contributed by atoms with van der Waals surface area (Å²) in [5.74, 6) is -0.0651. The SMILES string of the molecule is CCNC(=O)c1ccc(N)c(N2CCOCC2C)c1. The standard InChI is InChI=1S/C14H21N3O2/c1-3-16-14(18)11-4-5-12(15)13(8-11)17-6-7-19-9-10(17)2/h4-5,8,10H,3,6-7,9,15H2,1-2H3,(H,16,18). The molecule has 1 aromatic rings. The molecule has 0 radical (unpaired) electrons. The molecular formula is C14H21N3O2. The van der Waals surface area contributed by atoms with Gasteiger partial charge in [-0.05, 0) is 32.0 Å². The summed E-state index contributed by atoms with van der Waals surface area (Å²) >= 11 is 0. The lowest BCUT2D eigenvalue weighted by atomic mass is 10.1. The maximum absolute atomic E-state index is 11.9. The van der Waals surface area contributed by atoms with Gasteiger partial charge in [0, 0.05) is 24.7 Å². The first-order valence-corrected chi connectivity index (χ1v) is 6.65. The van der Waals surface area contributed by atoms with Gasteiger partial charge in [-0.3, -0.25) is 4.79 Å². The molecule has 3 N–H and O–H groups in total. The summed E-state index contributed by atoms with van der Waals surface area (Å²) in [5.41, 5.74) is 8.30. The minimum Gasteiger partial charge on any atom is -0.397 e. The van der Waals surface area contributed by atoms with Crippen molar-refractivity contribution in [1.82, 2.24) is 5.32 Å². The van der Waals surface area contributed by atoms with E-state index in [0.29, 0.717) is 31.0 Å². The van der Waals surface area contributed by atoms with E-state index in [1.165, 1.54) is 0 Å². The van der Waals surface area contributed by atoms with Crippen molar-refractivity contribution < 1.29 is 9.53 Å². The van der Waals surface area contributed by atoms with Crippen molar-refractivity contribution in [2.45, 2.75) is 19.9 Å². The second-order valence-electron chi connectivity index (χ2n) is 4.75. The highest BCUT2D eigenvalue weighted by Crippen LogP contribution is 2.27. The molecule has 1 amide bonds. The Morgan fingerprint density at radius 1 is 1.58 bits per heavy atom. The largest absolute Gasteiger partial charge is 0.397 e. The van der Waals surface area contributed by atoms with Crippen LogP contribution in [0.4, 0.5) is 11.4 Å². The van der Waals surface area contributed by atoms with Crippen LogP contribution in [0, 0.1) is 0 Å². The fraction of sp³-hybridized carbons (Fsp3) is 0.500. The molecule has 0 aromatic heterocycles. The number of amides is 1. The van der Waals surface area contributed by atoms with E-state index < -0.39 is 0 Å². The minimum atomic E-state index is -0.0651. The Kier molecular flexibility index (Phi) is 4.27. The number of rotatable bonds is 3. The first-order valence-electron chi connectivity index (χ1n) is 6.65. The summed E-state index contributed by atoms with van der Waals surface area (Å²) in [4.78, 5) is 14.1. The maximum atomic E-state index is 11.9. The number of benzene rings is 1. The van der Waals surface area contributed by atoms with Crippen LogP contribution < -0.4 is 16.0 Å². The number of hydrogen-bond donors (Lipinski definition) is 2. The molecule has 0 bridgehead atoms. The highest BCUT2D eigenvalue weighted by Gasteiger charge is 2.21. The molecule has 0 spiro atoms. The van der Waals surface area contributed by atoms with Crippen molar-refractivity contribution >= 4 is 17.3 Å². The quantitative estimate of drug-likeness (QED) is 0.805. The molecule has 0 aliphatic carbocycles. The number of nitrogens with one attached hydrogen (secondary N) is 1. The lowest BCUT2D eigenvalue weighted by Crippen LogP contribution is -2.44. The van der Waals surface area contributed by atoms with Gasteiger partial charge in [0.15, 0.2) is 0 Å². The van der Waals surface area contributed by atoms with Gasteiger partial charge in [-0.1, -0.05) is 0 Å². The monoisotopic (exact) mass is 263 g/mol. The Bertz CT molecular complexity index is 462. The molecule has 1 unspecified atom stereocenters. The molecule has 1 heterocycles. The van der Waals surface area contributed by atoms with Gasteiger partial charge >= 0.3 is 0 Å². The van der Waals surface area contributed by atoms with Crippen molar-refractivity contribution in [2.24, 2.45) is 0 Å². The maximum Gasteiger partial charge on any atom is 0.251 e. The minimum absolute atomic E-state index is 0.0651. The molecule has 5 nitrogen and oxygen atoms in total. The number of hydrogen-bond acceptors (Lipinski definition) is 4. The first kappa shape index (κ1) is 13.7. The van der Waals surface area contributed by atoms with Gasteiger partial charge in [-0.2, -0.15) is 0 Å². The Balaban J connectivity index is 2.28. The topological polar surface area (TPSA) is 67.6 Å². The van der Waals surface area contributed by atoms with Crippen molar-refractivity contribution in [3.8, 4) is 0 Å². The molecular weight excluding hydrogens is 242 g/mol. The third kappa shape index (κ3) is 2.98. The predicted octanol–water partition coefficient (Wildman–Crippen LogP) is 1.24. The van der Waals surface area contributed by atoms with Gasteiger partial charge in [-0.15, -0.1) is 0 Å². The van der Waals surface area contributed by atoms with E-state index in [9.17, 15) is 4.79 Å². The molecule has 1 saturated heterocycles. The van der Waals surface area contributed by atoms with Crippen molar-refractivity contribution in [1.29, 1.82) is 0 Å². The number of morpholine rings is 1. The summed E-state index contributed by atoms with van der Waals surface area (Å²) in [5, 5.41) is 2.80. The molecule has 1 aromatic carbocycles. The van der Waals surface area contributed by atoms with Crippen LogP contribution in [-0.2, 0) is 4.74 Å². The normalized spacial score (nSPS) is 19.3. The van der Waals surface area contributed by atoms with Crippen LogP contribution in [0.5, 0.6) is 0 Å². The zero-order valence-corrected chi connectivity index (χ0v) is 11.5. The van der Waals surface area contributed by atoms with E-state index in [-0.39, 0.29) is 11.9 Å². The van der Waals surface area contributed by atoms with E-state index in [1.807, 2.05) is 13.0 Å². The summed E-state index contributed by atoms with van der Waals surface area (Å²) in [6.07, 6.45) is 0. The molecule has 2 rings (SSSR count). The molecule has 1 fully saturated rings. The number of carbonyl (C=O) groups is 1. The van der Waals surface area contributed by atoms with Gasteiger partial charge in [0.25, 0.3) is 5.91 Å². The average molecular weight is 263 g/mol. The van der Waals surface area contributed by atoms with Crippen LogP contribution in [-0.4, -0.2) is 38.3 Å².